The number of hydrogen-bond donors (Lipinski definition) is 1. The third kappa shape index (κ3) is 2.23. The van der Waals surface area contributed by atoms with Gasteiger partial charge in [-0.3, -0.25) is 0 Å². The third-order valence-electron chi connectivity index (χ3n) is 3.33. The van der Waals surface area contributed by atoms with Gasteiger partial charge >= 0.3 is 0 Å². The molecule has 15 heavy (non-hydrogen) atoms. The molecule has 1 saturated carbocycles. The van der Waals surface area contributed by atoms with Crippen molar-refractivity contribution in [2.24, 2.45) is 5.41 Å². The largest absolute Gasteiger partial charge is 0.393 e. The molecule has 1 aromatic rings. The van der Waals surface area contributed by atoms with E-state index < -0.39 is 0 Å². The molecule has 1 fully saturated rings. The quantitative estimate of drug-likeness (QED) is 0.896. The maximum Gasteiger partial charge on any atom is 0.123 e. The number of aliphatic hydroxyl groups is 1. The summed E-state index contributed by atoms with van der Waals surface area (Å²) < 4.78 is 14.0. The van der Waals surface area contributed by atoms with Crippen molar-refractivity contribution < 1.29 is 9.50 Å². The number of rotatable bonds is 3. The molecule has 3 heteroatoms. The van der Waals surface area contributed by atoms with Gasteiger partial charge in [-0.15, -0.1) is 0 Å². The van der Waals surface area contributed by atoms with Crippen molar-refractivity contribution in [3.05, 3.63) is 34.1 Å². The first-order valence-electron chi connectivity index (χ1n) is 5.15. The molecule has 0 heterocycles. The van der Waals surface area contributed by atoms with Crippen molar-refractivity contribution in [2.45, 2.75) is 32.3 Å². The molecule has 0 spiro atoms. The first-order valence-corrected chi connectivity index (χ1v) is 5.95. The first kappa shape index (κ1) is 11.1. The fourth-order valence-electron chi connectivity index (χ4n) is 1.96. The van der Waals surface area contributed by atoms with Gasteiger partial charge in [0.15, 0.2) is 0 Å². The topological polar surface area (TPSA) is 20.2 Å². The lowest BCUT2D eigenvalue weighted by molar-refractivity contribution is 0.110. The van der Waals surface area contributed by atoms with Crippen LogP contribution in [0.2, 0.25) is 0 Å². The van der Waals surface area contributed by atoms with E-state index >= 15 is 0 Å². The average molecular weight is 273 g/mol. The van der Waals surface area contributed by atoms with Crippen LogP contribution in [-0.2, 0) is 6.42 Å². The molecule has 1 aromatic carbocycles. The van der Waals surface area contributed by atoms with Gasteiger partial charge in [0.2, 0.25) is 0 Å². The first-order chi connectivity index (χ1) is 7.03. The van der Waals surface area contributed by atoms with Crippen LogP contribution in [0.3, 0.4) is 0 Å². The zero-order chi connectivity index (χ0) is 11.1. The maximum atomic E-state index is 13.1. The number of halogens is 2. The molecule has 1 unspecified atom stereocenters. The van der Waals surface area contributed by atoms with E-state index in [4.69, 9.17) is 0 Å². The van der Waals surface area contributed by atoms with Crippen molar-refractivity contribution in [3.8, 4) is 0 Å². The molecule has 1 nitrogen and oxygen atoms in total. The summed E-state index contributed by atoms with van der Waals surface area (Å²) >= 11 is 3.41. The van der Waals surface area contributed by atoms with Gasteiger partial charge in [-0.05, 0) is 49.9 Å². The van der Waals surface area contributed by atoms with Crippen LogP contribution in [0.1, 0.15) is 25.3 Å². The molecular formula is C12H14BrFO. The lowest BCUT2D eigenvalue weighted by atomic mass is 9.92. The van der Waals surface area contributed by atoms with Gasteiger partial charge in [-0.25, -0.2) is 4.39 Å². The fourth-order valence-corrected chi connectivity index (χ4v) is 2.35. The number of benzene rings is 1. The van der Waals surface area contributed by atoms with E-state index in [2.05, 4.69) is 15.9 Å². The average Bonchev–Trinajstić information content (AvgIpc) is 2.92. The van der Waals surface area contributed by atoms with Crippen LogP contribution in [-0.4, -0.2) is 11.2 Å². The Balaban J connectivity index is 2.21. The highest BCUT2D eigenvalue weighted by molar-refractivity contribution is 9.10. The van der Waals surface area contributed by atoms with Gasteiger partial charge < -0.3 is 5.11 Å². The van der Waals surface area contributed by atoms with Crippen molar-refractivity contribution >= 4 is 15.9 Å². The Bertz CT molecular complexity index is 372. The molecule has 0 bridgehead atoms. The van der Waals surface area contributed by atoms with Crippen LogP contribution >= 0.6 is 15.9 Å². The SMILES string of the molecule is CC(O)C1(Cc2cc(F)ccc2Br)CC1. The fraction of sp³-hybridized carbons (Fsp3) is 0.500. The van der Waals surface area contributed by atoms with E-state index in [0.717, 1.165) is 29.3 Å². The molecule has 1 aliphatic carbocycles. The van der Waals surface area contributed by atoms with Crippen LogP contribution in [0.5, 0.6) is 0 Å². The van der Waals surface area contributed by atoms with Gasteiger partial charge in [0.25, 0.3) is 0 Å². The van der Waals surface area contributed by atoms with Gasteiger partial charge in [-0.2, -0.15) is 0 Å². The highest BCUT2D eigenvalue weighted by Gasteiger charge is 2.46. The van der Waals surface area contributed by atoms with Gasteiger partial charge in [0.1, 0.15) is 5.82 Å². The van der Waals surface area contributed by atoms with E-state index in [-0.39, 0.29) is 17.3 Å². The number of aliphatic hydroxyl groups excluding tert-OH is 1. The molecule has 0 aliphatic heterocycles. The minimum Gasteiger partial charge on any atom is -0.393 e. The number of hydrogen-bond acceptors (Lipinski definition) is 1. The summed E-state index contributed by atoms with van der Waals surface area (Å²) in [5, 5.41) is 9.66. The maximum absolute atomic E-state index is 13.1. The molecule has 0 saturated heterocycles. The zero-order valence-corrected chi connectivity index (χ0v) is 10.2. The molecule has 1 N–H and O–H groups in total. The van der Waals surface area contributed by atoms with Crippen molar-refractivity contribution in [1.29, 1.82) is 0 Å². The molecular weight excluding hydrogens is 259 g/mol. The van der Waals surface area contributed by atoms with E-state index in [1.54, 1.807) is 12.1 Å². The molecule has 2 rings (SSSR count). The Morgan fingerprint density at radius 1 is 1.53 bits per heavy atom. The van der Waals surface area contributed by atoms with Crippen LogP contribution in [0.15, 0.2) is 22.7 Å². The van der Waals surface area contributed by atoms with E-state index in [0.29, 0.717) is 0 Å². The lowest BCUT2D eigenvalue weighted by Gasteiger charge is -2.19. The zero-order valence-electron chi connectivity index (χ0n) is 8.63. The van der Waals surface area contributed by atoms with Crippen LogP contribution in [0, 0.1) is 11.2 Å². The molecule has 82 valence electrons. The van der Waals surface area contributed by atoms with Crippen LogP contribution in [0.25, 0.3) is 0 Å². The van der Waals surface area contributed by atoms with Crippen LogP contribution in [0.4, 0.5) is 4.39 Å². The second-order valence-electron chi connectivity index (χ2n) is 4.45. The molecule has 0 aromatic heterocycles. The minimum atomic E-state index is -0.312. The van der Waals surface area contributed by atoms with Crippen molar-refractivity contribution in [1.82, 2.24) is 0 Å². The summed E-state index contributed by atoms with van der Waals surface area (Å²) in [5.41, 5.74) is 0.949. The summed E-state index contributed by atoms with van der Waals surface area (Å²) in [7, 11) is 0. The Kier molecular flexibility index (Phi) is 2.86. The van der Waals surface area contributed by atoms with Gasteiger partial charge in [-0.1, -0.05) is 15.9 Å². The predicted octanol–water partition coefficient (Wildman–Crippen LogP) is 3.29. The molecule has 0 radical (unpaired) electrons. The smallest absolute Gasteiger partial charge is 0.123 e. The highest BCUT2D eigenvalue weighted by atomic mass is 79.9. The van der Waals surface area contributed by atoms with E-state index in [1.807, 2.05) is 6.92 Å². The lowest BCUT2D eigenvalue weighted by Crippen LogP contribution is -2.20. The van der Waals surface area contributed by atoms with E-state index in [9.17, 15) is 9.50 Å². The van der Waals surface area contributed by atoms with E-state index in [1.165, 1.54) is 6.07 Å². The Morgan fingerprint density at radius 3 is 2.73 bits per heavy atom. The highest BCUT2D eigenvalue weighted by Crippen LogP contribution is 2.51. The summed E-state index contributed by atoms with van der Waals surface area (Å²) in [6.45, 7) is 1.82. The summed E-state index contributed by atoms with van der Waals surface area (Å²) in [4.78, 5) is 0. The van der Waals surface area contributed by atoms with Crippen molar-refractivity contribution in [3.63, 3.8) is 0 Å². The Morgan fingerprint density at radius 2 is 2.20 bits per heavy atom. The summed E-state index contributed by atoms with van der Waals surface area (Å²) in [5.74, 6) is -0.213. The monoisotopic (exact) mass is 272 g/mol. The Labute approximate surface area is 97.4 Å². The van der Waals surface area contributed by atoms with Gasteiger partial charge in [0, 0.05) is 9.89 Å². The Hall–Kier alpha value is -0.410. The van der Waals surface area contributed by atoms with Crippen molar-refractivity contribution in [2.75, 3.05) is 0 Å². The summed E-state index contributed by atoms with van der Waals surface area (Å²) in [6, 6.07) is 4.71. The normalized spacial score (nSPS) is 20.0. The predicted molar refractivity (Wildman–Crippen MR) is 61.2 cm³/mol. The summed E-state index contributed by atoms with van der Waals surface area (Å²) in [6.07, 6.45) is 2.51. The third-order valence-corrected chi connectivity index (χ3v) is 4.10. The molecule has 1 atom stereocenters. The molecule has 1 aliphatic rings. The second-order valence-corrected chi connectivity index (χ2v) is 5.31. The van der Waals surface area contributed by atoms with Gasteiger partial charge in [0.05, 0.1) is 6.10 Å². The second kappa shape index (κ2) is 3.87. The molecule has 0 amide bonds. The standard InChI is InChI=1S/C12H14BrFO/c1-8(15)12(4-5-12)7-9-6-10(14)2-3-11(9)13/h2-3,6,8,15H,4-5,7H2,1H3. The minimum absolute atomic E-state index is 0.00366. The van der Waals surface area contributed by atoms with Crippen LogP contribution < -0.4 is 0 Å².